The molecule has 0 spiro atoms. The van der Waals surface area contributed by atoms with Gasteiger partial charge in [-0.25, -0.2) is 4.39 Å². The van der Waals surface area contributed by atoms with E-state index < -0.39 is 11.7 Å². The summed E-state index contributed by atoms with van der Waals surface area (Å²) >= 11 is 11.7. The first-order valence-electron chi connectivity index (χ1n) is 5.93. The van der Waals surface area contributed by atoms with Crippen LogP contribution in [0, 0.1) is 17.1 Å². The van der Waals surface area contributed by atoms with Gasteiger partial charge in [0.1, 0.15) is 11.9 Å². The summed E-state index contributed by atoms with van der Waals surface area (Å²) in [5, 5.41) is 11.8. The number of hydrogen-bond acceptors (Lipinski definition) is 2. The van der Waals surface area contributed by atoms with E-state index in [9.17, 15) is 9.18 Å². The second-order valence-electron chi connectivity index (χ2n) is 4.23. The Morgan fingerprint density at radius 2 is 2.00 bits per heavy atom. The summed E-state index contributed by atoms with van der Waals surface area (Å²) in [7, 11) is 0. The maximum atomic E-state index is 13.6. The molecule has 0 saturated heterocycles. The molecule has 106 valence electrons. The van der Waals surface area contributed by atoms with Gasteiger partial charge in [0, 0.05) is 16.3 Å². The lowest BCUT2D eigenvalue weighted by Gasteiger charge is -2.08. The van der Waals surface area contributed by atoms with Gasteiger partial charge >= 0.3 is 0 Å². The van der Waals surface area contributed by atoms with Crippen LogP contribution < -0.4 is 5.32 Å². The number of nitriles is 1. The molecular weight excluding hydrogens is 314 g/mol. The SMILES string of the molecule is N#Cc1ccc(NC(=O)Cc2c(F)cccc2Cl)cc1Cl. The van der Waals surface area contributed by atoms with Crippen molar-refractivity contribution in [3.8, 4) is 6.07 Å². The Hall–Kier alpha value is -2.09. The van der Waals surface area contributed by atoms with Crippen LogP contribution in [0.15, 0.2) is 36.4 Å². The minimum Gasteiger partial charge on any atom is -0.326 e. The van der Waals surface area contributed by atoms with E-state index in [0.29, 0.717) is 11.3 Å². The third-order valence-electron chi connectivity index (χ3n) is 2.77. The van der Waals surface area contributed by atoms with Crippen molar-refractivity contribution >= 4 is 34.8 Å². The molecular formula is C15H9Cl2FN2O. The van der Waals surface area contributed by atoms with Gasteiger partial charge in [0.15, 0.2) is 0 Å². The number of hydrogen-bond donors (Lipinski definition) is 1. The predicted molar refractivity (Wildman–Crippen MR) is 79.9 cm³/mol. The number of amides is 1. The zero-order valence-electron chi connectivity index (χ0n) is 10.7. The van der Waals surface area contributed by atoms with Gasteiger partial charge in [-0.15, -0.1) is 0 Å². The lowest BCUT2D eigenvalue weighted by atomic mass is 10.1. The smallest absolute Gasteiger partial charge is 0.228 e. The predicted octanol–water partition coefficient (Wildman–Crippen LogP) is 4.19. The van der Waals surface area contributed by atoms with Crippen molar-refractivity contribution in [3.63, 3.8) is 0 Å². The van der Waals surface area contributed by atoms with E-state index in [1.165, 1.54) is 30.3 Å². The van der Waals surface area contributed by atoms with Gasteiger partial charge in [-0.05, 0) is 30.3 Å². The minimum atomic E-state index is -0.532. The van der Waals surface area contributed by atoms with Crippen LogP contribution in [0.3, 0.4) is 0 Å². The van der Waals surface area contributed by atoms with Gasteiger partial charge in [0.2, 0.25) is 5.91 Å². The molecule has 0 unspecified atom stereocenters. The highest BCUT2D eigenvalue weighted by atomic mass is 35.5. The third kappa shape index (κ3) is 3.72. The molecule has 0 bridgehead atoms. The molecule has 0 aliphatic carbocycles. The molecule has 3 nitrogen and oxygen atoms in total. The molecule has 0 aromatic heterocycles. The molecule has 0 heterocycles. The van der Waals surface area contributed by atoms with Crippen LogP contribution >= 0.6 is 23.2 Å². The standard InChI is InChI=1S/C15H9Cl2FN2O/c16-12-2-1-3-14(18)11(12)7-15(21)20-10-5-4-9(8-19)13(17)6-10/h1-6H,7H2,(H,20,21). The molecule has 2 aromatic rings. The topological polar surface area (TPSA) is 52.9 Å². The summed E-state index contributed by atoms with van der Waals surface area (Å²) in [5.41, 5.74) is 0.875. The Labute approximate surface area is 130 Å². The van der Waals surface area contributed by atoms with Gasteiger partial charge in [0.25, 0.3) is 0 Å². The maximum absolute atomic E-state index is 13.6. The average molecular weight is 323 g/mol. The number of rotatable bonds is 3. The van der Waals surface area contributed by atoms with E-state index in [1.807, 2.05) is 6.07 Å². The first-order chi connectivity index (χ1) is 10.0. The summed E-state index contributed by atoms with van der Waals surface area (Å²) in [4.78, 5) is 11.9. The molecule has 1 amide bonds. The molecule has 2 aromatic carbocycles. The summed E-state index contributed by atoms with van der Waals surface area (Å²) in [5.74, 6) is -0.960. The summed E-state index contributed by atoms with van der Waals surface area (Å²) in [6.07, 6.45) is -0.191. The zero-order chi connectivity index (χ0) is 15.4. The maximum Gasteiger partial charge on any atom is 0.228 e. The molecule has 0 aliphatic rings. The van der Waals surface area contributed by atoms with Crippen LogP contribution in [-0.2, 0) is 11.2 Å². The van der Waals surface area contributed by atoms with Crippen molar-refractivity contribution in [1.82, 2.24) is 0 Å². The summed E-state index contributed by atoms with van der Waals surface area (Å²) in [6, 6.07) is 10.7. The van der Waals surface area contributed by atoms with Crippen LogP contribution in [0.2, 0.25) is 10.0 Å². The highest BCUT2D eigenvalue weighted by Crippen LogP contribution is 2.22. The van der Waals surface area contributed by atoms with Gasteiger partial charge in [-0.2, -0.15) is 5.26 Å². The van der Waals surface area contributed by atoms with E-state index in [2.05, 4.69) is 5.32 Å². The first kappa shape index (κ1) is 15.3. The van der Waals surface area contributed by atoms with Crippen LogP contribution in [0.25, 0.3) is 0 Å². The monoisotopic (exact) mass is 322 g/mol. The number of nitrogens with one attached hydrogen (secondary N) is 1. The largest absolute Gasteiger partial charge is 0.326 e. The molecule has 0 saturated carbocycles. The second kappa shape index (κ2) is 6.57. The molecule has 0 atom stereocenters. The Morgan fingerprint density at radius 3 is 2.62 bits per heavy atom. The lowest BCUT2D eigenvalue weighted by molar-refractivity contribution is -0.115. The molecule has 0 radical (unpaired) electrons. The van der Waals surface area contributed by atoms with Crippen molar-refractivity contribution in [2.75, 3.05) is 5.32 Å². The Kier molecular flexibility index (Phi) is 4.79. The Bertz CT molecular complexity index is 721. The number of nitrogens with zero attached hydrogens (tertiary/aromatic N) is 1. The fraction of sp³-hybridized carbons (Fsp3) is 0.0667. The molecule has 0 aliphatic heterocycles. The van der Waals surface area contributed by atoms with Gasteiger partial charge in [0.05, 0.1) is 17.0 Å². The molecule has 2 rings (SSSR count). The first-order valence-corrected chi connectivity index (χ1v) is 6.69. The number of carbonyl (C=O) groups excluding carboxylic acids is 1. The van der Waals surface area contributed by atoms with E-state index in [0.717, 1.165) is 0 Å². The summed E-state index contributed by atoms with van der Waals surface area (Å²) in [6.45, 7) is 0. The van der Waals surface area contributed by atoms with Crippen LogP contribution in [0.1, 0.15) is 11.1 Å². The Morgan fingerprint density at radius 1 is 1.24 bits per heavy atom. The van der Waals surface area contributed by atoms with E-state index in [1.54, 1.807) is 6.07 Å². The van der Waals surface area contributed by atoms with Crippen molar-refractivity contribution in [2.45, 2.75) is 6.42 Å². The van der Waals surface area contributed by atoms with E-state index >= 15 is 0 Å². The number of carbonyl (C=O) groups is 1. The van der Waals surface area contributed by atoms with Gasteiger partial charge in [-0.1, -0.05) is 29.3 Å². The molecule has 21 heavy (non-hydrogen) atoms. The van der Waals surface area contributed by atoms with Gasteiger partial charge in [-0.3, -0.25) is 4.79 Å². The van der Waals surface area contributed by atoms with Crippen LogP contribution in [0.5, 0.6) is 0 Å². The highest BCUT2D eigenvalue weighted by molar-refractivity contribution is 6.32. The minimum absolute atomic E-state index is 0.136. The lowest BCUT2D eigenvalue weighted by Crippen LogP contribution is -2.15. The fourth-order valence-electron chi connectivity index (χ4n) is 1.75. The Balaban J connectivity index is 2.12. The normalized spacial score (nSPS) is 10.0. The number of halogens is 3. The quantitative estimate of drug-likeness (QED) is 0.921. The molecule has 0 fully saturated rings. The number of benzene rings is 2. The van der Waals surface area contributed by atoms with Crippen molar-refractivity contribution < 1.29 is 9.18 Å². The third-order valence-corrected chi connectivity index (χ3v) is 3.44. The highest BCUT2D eigenvalue weighted by Gasteiger charge is 2.12. The van der Waals surface area contributed by atoms with Crippen LogP contribution in [0.4, 0.5) is 10.1 Å². The molecule has 6 heteroatoms. The van der Waals surface area contributed by atoms with Gasteiger partial charge < -0.3 is 5.32 Å². The fourth-order valence-corrected chi connectivity index (χ4v) is 2.20. The van der Waals surface area contributed by atoms with Crippen molar-refractivity contribution in [2.24, 2.45) is 0 Å². The average Bonchev–Trinajstić information content (AvgIpc) is 2.43. The molecule has 1 N–H and O–H groups in total. The van der Waals surface area contributed by atoms with Crippen molar-refractivity contribution in [1.29, 1.82) is 5.26 Å². The van der Waals surface area contributed by atoms with E-state index in [-0.39, 0.29) is 22.0 Å². The van der Waals surface area contributed by atoms with E-state index in [4.69, 9.17) is 28.5 Å². The summed E-state index contributed by atoms with van der Waals surface area (Å²) < 4.78 is 13.6. The van der Waals surface area contributed by atoms with Crippen LogP contribution in [-0.4, -0.2) is 5.91 Å². The van der Waals surface area contributed by atoms with Crippen molar-refractivity contribution in [3.05, 3.63) is 63.4 Å². The second-order valence-corrected chi connectivity index (χ2v) is 5.05. The zero-order valence-corrected chi connectivity index (χ0v) is 12.2. The number of anilines is 1.